The van der Waals surface area contributed by atoms with E-state index in [4.69, 9.17) is 21.9 Å². The first-order valence-electron chi connectivity index (χ1n) is 4.71. The van der Waals surface area contributed by atoms with E-state index in [0.717, 1.165) is 5.56 Å². The van der Waals surface area contributed by atoms with E-state index in [-0.39, 0.29) is 12.6 Å². The van der Waals surface area contributed by atoms with Gasteiger partial charge in [-0.05, 0) is 17.7 Å². The summed E-state index contributed by atoms with van der Waals surface area (Å²) in [7, 11) is 0. The van der Waals surface area contributed by atoms with Crippen molar-refractivity contribution in [1.82, 2.24) is 0 Å². The molecule has 7 nitrogen and oxygen atoms in total. The van der Waals surface area contributed by atoms with Gasteiger partial charge in [-0.1, -0.05) is 12.1 Å². The first-order chi connectivity index (χ1) is 8.08. The Morgan fingerprint density at radius 2 is 2.12 bits per heavy atom. The summed E-state index contributed by atoms with van der Waals surface area (Å²) in [6, 6.07) is 6.89. The lowest BCUT2D eigenvalue weighted by atomic mass is 10.2. The second-order valence-corrected chi connectivity index (χ2v) is 3.10. The lowest BCUT2D eigenvalue weighted by Gasteiger charge is -2.03. The highest BCUT2D eigenvalue weighted by molar-refractivity contribution is 5.82. The van der Waals surface area contributed by atoms with E-state index >= 15 is 0 Å². The molecule has 0 atom stereocenters. The van der Waals surface area contributed by atoms with Gasteiger partial charge in [0.15, 0.2) is 6.61 Å². The molecule has 1 aromatic rings. The molecule has 6 N–H and O–H groups in total. The maximum absolute atomic E-state index is 10.5. The normalized spacial score (nSPS) is 10.1. The molecule has 0 aliphatic rings. The second kappa shape index (κ2) is 6.11. The zero-order chi connectivity index (χ0) is 12.7. The molecule has 1 rings (SSSR count). The molecule has 0 fully saturated rings. The lowest BCUT2D eigenvalue weighted by Crippen LogP contribution is -2.21. The Hall–Kier alpha value is -2.57. The van der Waals surface area contributed by atoms with Crippen molar-refractivity contribution in [2.75, 3.05) is 6.61 Å². The number of carbonyl (C=O) groups is 1. The Morgan fingerprint density at radius 1 is 1.35 bits per heavy atom. The van der Waals surface area contributed by atoms with Crippen LogP contribution in [0, 0.1) is 0 Å². The third-order valence-corrected chi connectivity index (χ3v) is 1.62. The third kappa shape index (κ3) is 5.17. The van der Waals surface area contributed by atoms with Crippen LogP contribution in [-0.4, -0.2) is 24.7 Å². The van der Waals surface area contributed by atoms with Crippen LogP contribution < -0.4 is 21.9 Å². The lowest BCUT2D eigenvalue weighted by molar-refractivity contribution is -0.119. The molecule has 0 unspecified atom stereocenters. The monoisotopic (exact) mass is 235 g/mol. The molecular weight excluding hydrogens is 222 g/mol. The summed E-state index contributed by atoms with van der Waals surface area (Å²) in [5.41, 5.74) is 15.9. The number of carbonyl (C=O) groups excluding carboxylic acids is 1. The first-order valence-corrected chi connectivity index (χ1v) is 4.71. The average molecular weight is 235 g/mol. The van der Waals surface area contributed by atoms with Gasteiger partial charge < -0.3 is 21.9 Å². The molecule has 1 amide bonds. The number of amides is 1. The predicted molar refractivity (Wildman–Crippen MR) is 64.5 cm³/mol. The van der Waals surface area contributed by atoms with Crippen LogP contribution in [0.5, 0.6) is 5.75 Å². The van der Waals surface area contributed by atoms with Crippen molar-refractivity contribution < 1.29 is 9.53 Å². The van der Waals surface area contributed by atoms with Gasteiger partial charge >= 0.3 is 0 Å². The average Bonchev–Trinajstić information content (AvgIpc) is 2.26. The maximum atomic E-state index is 10.5. The van der Waals surface area contributed by atoms with Crippen LogP contribution in [-0.2, 0) is 4.79 Å². The highest BCUT2D eigenvalue weighted by atomic mass is 16.5. The Morgan fingerprint density at radius 3 is 2.76 bits per heavy atom. The Kier molecular flexibility index (Phi) is 4.49. The van der Waals surface area contributed by atoms with Crippen molar-refractivity contribution in [3.05, 3.63) is 29.8 Å². The summed E-state index contributed by atoms with van der Waals surface area (Å²) in [6.07, 6.45) is 1.46. The van der Waals surface area contributed by atoms with Gasteiger partial charge in [-0.3, -0.25) is 4.79 Å². The molecule has 0 aliphatic heterocycles. The minimum Gasteiger partial charge on any atom is -0.484 e. The van der Waals surface area contributed by atoms with Crippen molar-refractivity contribution in [3.8, 4) is 5.75 Å². The molecule has 0 heterocycles. The summed E-state index contributed by atoms with van der Waals surface area (Å²) in [4.78, 5) is 10.5. The fourth-order valence-electron chi connectivity index (χ4n) is 1.00. The van der Waals surface area contributed by atoms with Crippen molar-refractivity contribution in [1.29, 1.82) is 0 Å². The Bertz CT molecular complexity index is 452. The molecule has 0 bridgehead atoms. The topological polar surface area (TPSA) is 129 Å². The van der Waals surface area contributed by atoms with Crippen molar-refractivity contribution in [2.24, 2.45) is 27.4 Å². The number of primary amides is 1. The van der Waals surface area contributed by atoms with Crippen molar-refractivity contribution in [2.45, 2.75) is 0 Å². The van der Waals surface area contributed by atoms with E-state index in [1.165, 1.54) is 6.21 Å². The second-order valence-electron chi connectivity index (χ2n) is 3.10. The van der Waals surface area contributed by atoms with Crippen LogP contribution in [0.2, 0.25) is 0 Å². The van der Waals surface area contributed by atoms with Gasteiger partial charge in [0.25, 0.3) is 5.91 Å². The molecule has 0 saturated heterocycles. The van der Waals surface area contributed by atoms with E-state index in [9.17, 15) is 4.79 Å². The van der Waals surface area contributed by atoms with Gasteiger partial charge in [-0.15, -0.1) is 5.10 Å². The van der Waals surface area contributed by atoms with E-state index in [1.54, 1.807) is 24.3 Å². The summed E-state index contributed by atoms with van der Waals surface area (Å²) < 4.78 is 5.11. The number of ether oxygens (including phenoxy) is 1. The number of benzene rings is 1. The molecule has 0 saturated carbocycles. The molecule has 0 aliphatic carbocycles. The van der Waals surface area contributed by atoms with Gasteiger partial charge in [-0.2, -0.15) is 5.10 Å². The number of hydrogen-bond donors (Lipinski definition) is 3. The Balaban J connectivity index is 2.68. The SMILES string of the molecule is NC(=O)COc1cccc(C=NN=C(N)N)c1. The number of nitrogens with zero attached hydrogens (tertiary/aromatic N) is 2. The molecule has 90 valence electrons. The number of hydrogen-bond acceptors (Lipinski definition) is 4. The summed E-state index contributed by atoms with van der Waals surface area (Å²) in [6.45, 7) is -0.172. The largest absolute Gasteiger partial charge is 0.484 e. The minimum atomic E-state index is -0.537. The standard InChI is InChI=1S/C10H13N5O2/c11-9(16)6-17-8-3-1-2-7(4-8)5-14-15-10(12)13/h1-5H,6H2,(H2,11,16)(H4,12,13,15). The van der Waals surface area contributed by atoms with E-state index < -0.39 is 5.91 Å². The molecule has 7 heteroatoms. The molecule has 0 aromatic heterocycles. The van der Waals surface area contributed by atoms with E-state index in [1.807, 2.05) is 0 Å². The van der Waals surface area contributed by atoms with E-state index in [0.29, 0.717) is 5.75 Å². The van der Waals surface area contributed by atoms with Gasteiger partial charge in [0.2, 0.25) is 5.96 Å². The van der Waals surface area contributed by atoms with Crippen molar-refractivity contribution >= 4 is 18.1 Å². The van der Waals surface area contributed by atoms with Crippen LogP contribution >= 0.6 is 0 Å². The first kappa shape index (κ1) is 12.5. The van der Waals surface area contributed by atoms with Crippen molar-refractivity contribution in [3.63, 3.8) is 0 Å². The summed E-state index contributed by atoms with van der Waals surface area (Å²) in [5, 5.41) is 7.09. The summed E-state index contributed by atoms with van der Waals surface area (Å²) >= 11 is 0. The van der Waals surface area contributed by atoms with Gasteiger partial charge in [-0.25, -0.2) is 0 Å². The number of guanidine groups is 1. The fraction of sp³-hybridized carbons (Fsp3) is 0.100. The molecule has 0 radical (unpaired) electrons. The highest BCUT2D eigenvalue weighted by Gasteiger charge is 1.97. The van der Waals surface area contributed by atoms with Crippen LogP contribution in [0.15, 0.2) is 34.5 Å². The molecule has 0 spiro atoms. The zero-order valence-corrected chi connectivity index (χ0v) is 9.04. The predicted octanol–water partition coefficient (Wildman–Crippen LogP) is -0.842. The Labute approximate surface area is 97.9 Å². The van der Waals surface area contributed by atoms with Crippen LogP contribution in [0.4, 0.5) is 0 Å². The smallest absolute Gasteiger partial charge is 0.255 e. The number of nitrogens with two attached hydrogens (primary N) is 3. The van der Waals surface area contributed by atoms with Gasteiger partial charge in [0, 0.05) is 0 Å². The zero-order valence-electron chi connectivity index (χ0n) is 9.04. The van der Waals surface area contributed by atoms with Crippen LogP contribution in [0.1, 0.15) is 5.56 Å². The fourth-order valence-corrected chi connectivity index (χ4v) is 1.00. The quantitative estimate of drug-likeness (QED) is 0.349. The van der Waals surface area contributed by atoms with Crippen LogP contribution in [0.3, 0.4) is 0 Å². The van der Waals surface area contributed by atoms with Crippen LogP contribution in [0.25, 0.3) is 0 Å². The highest BCUT2D eigenvalue weighted by Crippen LogP contribution is 2.11. The van der Waals surface area contributed by atoms with Gasteiger partial charge in [0.1, 0.15) is 5.75 Å². The third-order valence-electron chi connectivity index (χ3n) is 1.62. The minimum absolute atomic E-state index is 0.123. The number of rotatable bonds is 5. The van der Waals surface area contributed by atoms with Gasteiger partial charge in [0.05, 0.1) is 6.21 Å². The molecular formula is C10H13N5O2. The molecule has 1 aromatic carbocycles. The summed E-state index contributed by atoms with van der Waals surface area (Å²) in [5.74, 6) is -0.149. The molecule has 17 heavy (non-hydrogen) atoms. The maximum Gasteiger partial charge on any atom is 0.255 e. The van der Waals surface area contributed by atoms with E-state index in [2.05, 4.69) is 10.2 Å².